The van der Waals surface area contributed by atoms with Gasteiger partial charge in [-0.1, -0.05) is 18.2 Å². The number of hydrogen-bond acceptors (Lipinski definition) is 6. The number of aryl methyl sites for hydroxylation is 1. The first kappa shape index (κ1) is 24.0. The summed E-state index contributed by atoms with van der Waals surface area (Å²) in [5, 5.41) is 12.6. The van der Waals surface area contributed by atoms with Gasteiger partial charge in [0.25, 0.3) is 5.56 Å². The van der Waals surface area contributed by atoms with E-state index in [9.17, 15) is 9.59 Å². The summed E-state index contributed by atoms with van der Waals surface area (Å²) < 4.78 is 10.3. The lowest BCUT2D eigenvalue weighted by Crippen LogP contribution is -2.40. The van der Waals surface area contributed by atoms with Crippen molar-refractivity contribution in [2.45, 2.75) is 26.3 Å². The third kappa shape index (κ3) is 4.69. The van der Waals surface area contributed by atoms with Crippen LogP contribution in [0.3, 0.4) is 0 Å². The number of carbonyl (C=O) groups excluding carboxylic acids is 1. The van der Waals surface area contributed by atoms with E-state index in [1.165, 1.54) is 4.68 Å². The number of ether oxygens (including phenoxy) is 1. The quantitative estimate of drug-likeness (QED) is 0.381. The second kappa shape index (κ2) is 10.5. The Bertz CT molecular complexity index is 1390. The molecule has 4 aromatic rings. The van der Waals surface area contributed by atoms with E-state index in [2.05, 4.69) is 15.3 Å². The number of carbonyl (C=O) groups is 1. The second-order valence-electron chi connectivity index (χ2n) is 8.99. The number of para-hydroxylation sites is 1. The molecule has 0 saturated carbocycles. The van der Waals surface area contributed by atoms with Gasteiger partial charge in [0.05, 0.1) is 24.6 Å². The van der Waals surface area contributed by atoms with Crippen LogP contribution in [0, 0.1) is 6.92 Å². The Morgan fingerprint density at radius 3 is 2.53 bits per heavy atom. The first-order valence-corrected chi connectivity index (χ1v) is 12.3. The number of hydrogen-bond donors (Lipinski definition) is 1. The normalized spacial score (nSPS) is 15.3. The molecule has 0 spiro atoms. The summed E-state index contributed by atoms with van der Waals surface area (Å²) in [5.41, 5.74) is 1.58. The SMILES string of the molecule is Cc1nn([C@@H](C)C(=O)NCCCN2CCOCC2)c(=O)c2c(-n3cccc3)n(-c3ccccc3)nc12. The molecular formula is C26H31N7O3. The maximum Gasteiger partial charge on any atom is 0.280 e. The summed E-state index contributed by atoms with van der Waals surface area (Å²) in [6.07, 6.45) is 4.58. The first-order valence-electron chi connectivity index (χ1n) is 12.3. The van der Waals surface area contributed by atoms with Gasteiger partial charge in [0, 0.05) is 32.0 Å². The van der Waals surface area contributed by atoms with Crippen LogP contribution < -0.4 is 10.9 Å². The number of aromatic nitrogens is 5. The Balaban J connectivity index is 1.44. The molecule has 1 atom stereocenters. The van der Waals surface area contributed by atoms with Crippen molar-refractivity contribution < 1.29 is 9.53 Å². The summed E-state index contributed by atoms with van der Waals surface area (Å²) in [6.45, 7) is 8.31. The van der Waals surface area contributed by atoms with E-state index in [0.717, 1.165) is 45.0 Å². The average Bonchev–Trinajstić information content (AvgIpc) is 3.58. The van der Waals surface area contributed by atoms with Crippen LogP contribution in [0.1, 0.15) is 25.1 Å². The van der Waals surface area contributed by atoms with Gasteiger partial charge >= 0.3 is 0 Å². The fourth-order valence-electron chi connectivity index (χ4n) is 4.55. The van der Waals surface area contributed by atoms with Crippen LogP contribution in [-0.4, -0.2) is 74.3 Å². The molecule has 1 aliphatic heterocycles. The summed E-state index contributed by atoms with van der Waals surface area (Å²) in [5.74, 6) is 0.381. The fourth-order valence-corrected chi connectivity index (χ4v) is 4.55. The minimum Gasteiger partial charge on any atom is -0.379 e. The van der Waals surface area contributed by atoms with Crippen molar-refractivity contribution in [3.8, 4) is 11.5 Å². The van der Waals surface area contributed by atoms with Crippen LogP contribution in [-0.2, 0) is 9.53 Å². The van der Waals surface area contributed by atoms with Gasteiger partial charge in [-0.3, -0.25) is 14.5 Å². The van der Waals surface area contributed by atoms with Crippen LogP contribution in [0.4, 0.5) is 0 Å². The predicted molar refractivity (Wildman–Crippen MR) is 137 cm³/mol. The zero-order chi connectivity index (χ0) is 25.1. The molecule has 1 saturated heterocycles. The molecule has 1 aromatic carbocycles. The Hall–Kier alpha value is -3.76. The highest BCUT2D eigenvalue weighted by atomic mass is 16.5. The highest BCUT2D eigenvalue weighted by Crippen LogP contribution is 2.25. The smallest absolute Gasteiger partial charge is 0.280 e. The molecule has 0 bridgehead atoms. The van der Waals surface area contributed by atoms with Gasteiger partial charge in [0.15, 0.2) is 5.82 Å². The van der Waals surface area contributed by atoms with Gasteiger partial charge in [-0.05, 0) is 51.1 Å². The van der Waals surface area contributed by atoms with Crippen molar-refractivity contribution in [2.75, 3.05) is 39.4 Å². The molecule has 0 aliphatic carbocycles. The average molecular weight is 490 g/mol. The predicted octanol–water partition coefficient (Wildman–Crippen LogP) is 2.08. The largest absolute Gasteiger partial charge is 0.379 e. The fraction of sp³-hybridized carbons (Fsp3) is 0.385. The van der Waals surface area contributed by atoms with Crippen LogP contribution in [0.25, 0.3) is 22.4 Å². The molecule has 10 heteroatoms. The number of morpholine rings is 1. The molecule has 4 heterocycles. The van der Waals surface area contributed by atoms with Gasteiger partial charge in [0.1, 0.15) is 16.9 Å². The maximum atomic E-state index is 13.8. The van der Waals surface area contributed by atoms with E-state index in [1.54, 1.807) is 11.6 Å². The lowest BCUT2D eigenvalue weighted by Gasteiger charge is -2.26. The van der Waals surface area contributed by atoms with Crippen molar-refractivity contribution >= 4 is 16.8 Å². The summed E-state index contributed by atoms with van der Waals surface area (Å²) >= 11 is 0. The molecule has 0 radical (unpaired) electrons. The zero-order valence-electron chi connectivity index (χ0n) is 20.6. The van der Waals surface area contributed by atoms with Gasteiger partial charge in [-0.15, -0.1) is 0 Å². The first-order chi connectivity index (χ1) is 17.5. The third-order valence-electron chi connectivity index (χ3n) is 6.53. The molecule has 1 aliphatic rings. The molecular weight excluding hydrogens is 458 g/mol. The minimum atomic E-state index is -0.762. The van der Waals surface area contributed by atoms with Crippen LogP contribution in [0.15, 0.2) is 59.7 Å². The Morgan fingerprint density at radius 1 is 1.08 bits per heavy atom. The van der Waals surface area contributed by atoms with Gasteiger partial charge in [-0.25, -0.2) is 9.36 Å². The molecule has 36 heavy (non-hydrogen) atoms. The molecule has 1 fully saturated rings. The molecule has 5 rings (SSSR count). The summed E-state index contributed by atoms with van der Waals surface area (Å²) in [7, 11) is 0. The number of nitrogens with zero attached hydrogens (tertiary/aromatic N) is 6. The number of benzene rings is 1. The zero-order valence-corrected chi connectivity index (χ0v) is 20.6. The Kier molecular flexibility index (Phi) is 6.97. The third-order valence-corrected chi connectivity index (χ3v) is 6.53. The standard InChI is InChI=1S/C26H31N7O3/c1-19-23-22(25(31-13-6-7-14-31)33(29-23)21-9-4-3-5-10-21)26(35)32(28-19)20(2)24(34)27-11-8-12-30-15-17-36-18-16-30/h3-7,9-10,13-14,20H,8,11-12,15-18H2,1-2H3,(H,27,34)/t20-/m0/s1. The monoisotopic (exact) mass is 489 g/mol. The van der Waals surface area contributed by atoms with E-state index < -0.39 is 6.04 Å². The van der Waals surface area contributed by atoms with Crippen molar-refractivity contribution in [3.05, 3.63) is 70.9 Å². The molecule has 10 nitrogen and oxygen atoms in total. The van der Waals surface area contributed by atoms with E-state index in [4.69, 9.17) is 9.84 Å². The maximum absolute atomic E-state index is 13.8. The molecule has 3 aromatic heterocycles. The number of nitrogens with one attached hydrogen (secondary N) is 1. The highest BCUT2D eigenvalue weighted by molar-refractivity contribution is 5.88. The topological polar surface area (TPSA) is 99.2 Å². The Labute approximate surface area is 209 Å². The van der Waals surface area contributed by atoms with E-state index >= 15 is 0 Å². The molecule has 1 N–H and O–H groups in total. The molecule has 188 valence electrons. The van der Waals surface area contributed by atoms with E-state index in [1.807, 2.05) is 66.3 Å². The van der Waals surface area contributed by atoms with Crippen molar-refractivity contribution in [1.29, 1.82) is 0 Å². The lowest BCUT2D eigenvalue weighted by molar-refractivity contribution is -0.124. The van der Waals surface area contributed by atoms with Gasteiger partial charge in [0.2, 0.25) is 5.91 Å². The van der Waals surface area contributed by atoms with Gasteiger partial charge in [-0.2, -0.15) is 10.2 Å². The molecule has 1 amide bonds. The van der Waals surface area contributed by atoms with Crippen molar-refractivity contribution in [1.82, 2.24) is 34.3 Å². The minimum absolute atomic E-state index is 0.233. The Morgan fingerprint density at radius 2 is 1.81 bits per heavy atom. The number of rotatable bonds is 8. The van der Waals surface area contributed by atoms with Crippen LogP contribution >= 0.6 is 0 Å². The van der Waals surface area contributed by atoms with Crippen LogP contribution in [0.5, 0.6) is 0 Å². The van der Waals surface area contributed by atoms with Crippen molar-refractivity contribution in [2.24, 2.45) is 0 Å². The highest BCUT2D eigenvalue weighted by Gasteiger charge is 2.25. The van der Waals surface area contributed by atoms with E-state index in [-0.39, 0.29) is 11.5 Å². The lowest BCUT2D eigenvalue weighted by atomic mass is 10.2. The number of fused-ring (bicyclic) bond motifs is 1. The van der Waals surface area contributed by atoms with Crippen LogP contribution in [0.2, 0.25) is 0 Å². The molecule has 0 unspecified atom stereocenters. The second-order valence-corrected chi connectivity index (χ2v) is 8.99. The summed E-state index contributed by atoms with van der Waals surface area (Å²) in [4.78, 5) is 29.1. The number of amides is 1. The van der Waals surface area contributed by atoms with Crippen molar-refractivity contribution in [3.63, 3.8) is 0 Å². The van der Waals surface area contributed by atoms with Gasteiger partial charge < -0.3 is 14.6 Å². The van der Waals surface area contributed by atoms with E-state index in [0.29, 0.717) is 29.0 Å². The summed E-state index contributed by atoms with van der Waals surface area (Å²) in [6, 6.07) is 12.7.